The lowest BCUT2D eigenvalue weighted by Gasteiger charge is -2.13. The quantitative estimate of drug-likeness (QED) is 0.278. The molecule has 1 amide bonds. The minimum Gasteiger partial charge on any atom is -0.462 e. The largest absolute Gasteiger partial charge is 0.462 e. The van der Waals surface area contributed by atoms with E-state index in [1.165, 1.54) is 6.20 Å². The second-order valence-corrected chi connectivity index (χ2v) is 7.08. The maximum Gasteiger partial charge on any atom is 0.340 e. The molecule has 6 heteroatoms. The van der Waals surface area contributed by atoms with Gasteiger partial charge in [-0.3, -0.25) is 4.79 Å². The van der Waals surface area contributed by atoms with Gasteiger partial charge in [-0.1, -0.05) is 43.2 Å². The number of ether oxygens (including phenoxy) is 1. The molecule has 0 aliphatic carbocycles. The molecule has 0 spiro atoms. The van der Waals surface area contributed by atoms with Crippen molar-refractivity contribution in [3.8, 4) is 6.07 Å². The van der Waals surface area contributed by atoms with E-state index in [9.17, 15) is 14.9 Å². The molecular weight excluding hydrogens is 378 g/mol. The third-order valence-electron chi connectivity index (χ3n) is 4.53. The van der Waals surface area contributed by atoms with Crippen molar-refractivity contribution < 1.29 is 14.3 Å². The van der Waals surface area contributed by atoms with Gasteiger partial charge in [0.2, 0.25) is 0 Å². The Bertz CT molecular complexity index is 980. The normalized spacial score (nSPS) is 10.8. The van der Waals surface area contributed by atoms with Gasteiger partial charge in [-0.2, -0.15) is 5.26 Å². The smallest absolute Gasteiger partial charge is 0.340 e. The molecule has 6 nitrogen and oxygen atoms in total. The molecule has 0 aromatic heterocycles. The zero-order valence-electron chi connectivity index (χ0n) is 17.8. The van der Waals surface area contributed by atoms with Crippen LogP contribution in [0.2, 0.25) is 0 Å². The van der Waals surface area contributed by atoms with Gasteiger partial charge in [0.05, 0.1) is 17.9 Å². The van der Waals surface area contributed by atoms with Crippen molar-refractivity contribution in [1.29, 1.82) is 5.26 Å². The predicted molar refractivity (Wildman–Crippen MR) is 118 cm³/mol. The predicted octanol–water partition coefficient (Wildman–Crippen LogP) is 5.03. The van der Waals surface area contributed by atoms with Crippen LogP contribution in [0.15, 0.2) is 48.2 Å². The molecule has 0 saturated heterocycles. The van der Waals surface area contributed by atoms with Crippen LogP contribution >= 0.6 is 0 Å². The lowest BCUT2D eigenvalue weighted by atomic mass is 10.0. The van der Waals surface area contributed by atoms with Gasteiger partial charge in [0.1, 0.15) is 11.6 Å². The van der Waals surface area contributed by atoms with E-state index in [0.29, 0.717) is 23.5 Å². The lowest BCUT2D eigenvalue weighted by Crippen LogP contribution is -2.16. The zero-order valence-corrected chi connectivity index (χ0v) is 17.8. The second kappa shape index (κ2) is 10.8. The van der Waals surface area contributed by atoms with E-state index in [1.807, 2.05) is 45.9 Å². The molecule has 0 unspecified atom stereocenters. The van der Waals surface area contributed by atoms with Crippen LogP contribution in [0.5, 0.6) is 0 Å². The highest BCUT2D eigenvalue weighted by Crippen LogP contribution is 2.23. The van der Waals surface area contributed by atoms with Crippen molar-refractivity contribution in [2.45, 2.75) is 40.5 Å². The molecule has 0 saturated carbocycles. The summed E-state index contributed by atoms with van der Waals surface area (Å²) in [6, 6.07) is 12.6. The Hall–Kier alpha value is -3.59. The Labute approximate surface area is 177 Å². The standard InChI is InChI=1S/C24H27N3O3/c1-5-6-11-30-24(29)20-9-7-8-10-21(20)26-15-19(14-25)23(28)27-22-17(3)12-16(2)13-18(22)4/h7-10,12-13,15,26H,5-6,11H2,1-4H3,(H,27,28)/b19-15-. The zero-order chi connectivity index (χ0) is 22.1. The Morgan fingerprint density at radius 2 is 1.80 bits per heavy atom. The van der Waals surface area contributed by atoms with Crippen molar-refractivity contribution in [3.63, 3.8) is 0 Å². The molecule has 0 aliphatic rings. The second-order valence-electron chi connectivity index (χ2n) is 7.08. The molecule has 2 N–H and O–H groups in total. The fraction of sp³-hybridized carbons (Fsp3) is 0.292. The van der Waals surface area contributed by atoms with Crippen LogP contribution in [0.25, 0.3) is 0 Å². The average molecular weight is 405 g/mol. The molecule has 0 bridgehead atoms. The first kappa shape index (κ1) is 22.7. The number of rotatable bonds is 8. The number of benzene rings is 2. The number of carbonyl (C=O) groups excluding carboxylic acids is 2. The van der Waals surface area contributed by atoms with Crippen LogP contribution in [0.4, 0.5) is 11.4 Å². The number of amides is 1. The first-order valence-corrected chi connectivity index (χ1v) is 9.89. The van der Waals surface area contributed by atoms with E-state index in [2.05, 4.69) is 10.6 Å². The van der Waals surface area contributed by atoms with Crippen molar-refractivity contribution >= 4 is 23.3 Å². The molecule has 0 radical (unpaired) electrons. The van der Waals surface area contributed by atoms with Gasteiger partial charge in [-0.05, 0) is 50.5 Å². The van der Waals surface area contributed by atoms with Gasteiger partial charge in [0, 0.05) is 11.9 Å². The van der Waals surface area contributed by atoms with Crippen molar-refractivity contribution in [3.05, 3.63) is 70.4 Å². The Kier molecular flexibility index (Phi) is 8.18. The summed E-state index contributed by atoms with van der Waals surface area (Å²) in [4.78, 5) is 24.9. The minimum absolute atomic E-state index is 0.108. The lowest BCUT2D eigenvalue weighted by molar-refractivity contribution is -0.112. The van der Waals surface area contributed by atoms with Gasteiger partial charge >= 0.3 is 5.97 Å². The number of anilines is 2. The highest BCUT2D eigenvalue weighted by molar-refractivity contribution is 6.07. The van der Waals surface area contributed by atoms with E-state index in [4.69, 9.17) is 4.74 Å². The van der Waals surface area contributed by atoms with E-state index >= 15 is 0 Å². The monoisotopic (exact) mass is 405 g/mol. The minimum atomic E-state index is -0.525. The molecule has 2 aromatic rings. The molecular formula is C24H27N3O3. The van der Waals surface area contributed by atoms with Crippen molar-refractivity contribution in [1.82, 2.24) is 0 Å². The SMILES string of the molecule is CCCCOC(=O)c1ccccc1N/C=C(/C#N)C(=O)Nc1c(C)cc(C)cc1C. The highest BCUT2D eigenvalue weighted by atomic mass is 16.5. The number of hydrogen-bond acceptors (Lipinski definition) is 5. The molecule has 156 valence electrons. The number of para-hydroxylation sites is 1. The first-order valence-electron chi connectivity index (χ1n) is 9.89. The van der Waals surface area contributed by atoms with Gasteiger partial charge in [0.25, 0.3) is 5.91 Å². The summed E-state index contributed by atoms with van der Waals surface area (Å²) in [5.74, 6) is -0.975. The fourth-order valence-corrected chi connectivity index (χ4v) is 3.03. The molecule has 0 atom stereocenters. The maximum atomic E-state index is 12.6. The van der Waals surface area contributed by atoms with Gasteiger partial charge in [0.15, 0.2) is 0 Å². The molecule has 0 fully saturated rings. The number of nitrogens with one attached hydrogen (secondary N) is 2. The topological polar surface area (TPSA) is 91.2 Å². The van der Waals surface area contributed by atoms with Crippen LogP contribution in [-0.4, -0.2) is 18.5 Å². The van der Waals surface area contributed by atoms with E-state index in [0.717, 1.165) is 29.5 Å². The fourth-order valence-electron chi connectivity index (χ4n) is 3.03. The summed E-state index contributed by atoms with van der Waals surface area (Å²) in [5.41, 5.74) is 4.32. The molecule has 30 heavy (non-hydrogen) atoms. The first-order chi connectivity index (χ1) is 14.4. The summed E-state index contributed by atoms with van der Waals surface area (Å²) >= 11 is 0. The van der Waals surface area contributed by atoms with Gasteiger partial charge in [-0.25, -0.2) is 4.79 Å². The Morgan fingerprint density at radius 1 is 1.13 bits per heavy atom. The van der Waals surface area contributed by atoms with E-state index in [-0.39, 0.29) is 5.57 Å². The Balaban J connectivity index is 2.17. The summed E-state index contributed by atoms with van der Waals surface area (Å²) in [6.07, 6.45) is 3.01. The Morgan fingerprint density at radius 3 is 2.43 bits per heavy atom. The van der Waals surface area contributed by atoms with Crippen LogP contribution < -0.4 is 10.6 Å². The highest BCUT2D eigenvalue weighted by Gasteiger charge is 2.15. The number of aryl methyl sites for hydroxylation is 3. The van der Waals surface area contributed by atoms with Crippen LogP contribution in [0, 0.1) is 32.1 Å². The molecule has 2 aromatic carbocycles. The molecule has 2 rings (SSSR count). The number of carbonyl (C=O) groups is 2. The third kappa shape index (κ3) is 5.95. The van der Waals surface area contributed by atoms with Gasteiger partial charge < -0.3 is 15.4 Å². The summed E-state index contributed by atoms with van der Waals surface area (Å²) < 4.78 is 5.26. The number of esters is 1. The van der Waals surface area contributed by atoms with Crippen LogP contribution in [-0.2, 0) is 9.53 Å². The molecule has 0 heterocycles. The number of nitriles is 1. The molecule has 0 aliphatic heterocycles. The summed E-state index contributed by atoms with van der Waals surface area (Å²) in [5, 5.41) is 15.1. The van der Waals surface area contributed by atoms with Crippen molar-refractivity contribution in [2.24, 2.45) is 0 Å². The summed E-state index contributed by atoms with van der Waals surface area (Å²) in [7, 11) is 0. The van der Waals surface area contributed by atoms with Crippen molar-refractivity contribution in [2.75, 3.05) is 17.2 Å². The number of hydrogen-bond donors (Lipinski definition) is 2. The number of nitrogens with zero attached hydrogens (tertiary/aromatic N) is 1. The van der Waals surface area contributed by atoms with E-state index in [1.54, 1.807) is 24.3 Å². The maximum absolute atomic E-state index is 12.6. The third-order valence-corrected chi connectivity index (χ3v) is 4.53. The van der Waals surface area contributed by atoms with Crippen LogP contribution in [0.1, 0.15) is 46.8 Å². The van der Waals surface area contributed by atoms with Gasteiger partial charge in [-0.15, -0.1) is 0 Å². The summed E-state index contributed by atoms with van der Waals surface area (Å²) in [6.45, 7) is 8.16. The average Bonchev–Trinajstić information content (AvgIpc) is 2.71. The number of unbranched alkanes of at least 4 members (excludes halogenated alkanes) is 1. The van der Waals surface area contributed by atoms with E-state index < -0.39 is 11.9 Å². The van der Waals surface area contributed by atoms with Crippen LogP contribution in [0.3, 0.4) is 0 Å².